The molecule has 0 atom stereocenters. The third-order valence-electron chi connectivity index (χ3n) is 2.89. The summed E-state index contributed by atoms with van der Waals surface area (Å²) >= 11 is 0. The Kier molecular flexibility index (Phi) is 8.61. The van der Waals surface area contributed by atoms with E-state index in [2.05, 4.69) is 5.32 Å². The van der Waals surface area contributed by atoms with Crippen molar-refractivity contribution in [2.24, 2.45) is 5.73 Å². The molecule has 1 fully saturated rings. The molecule has 16 heavy (non-hydrogen) atoms. The van der Waals surface area contributed by atoms with Crippen molar-refractivity contribution in [3.05, 3.63) is 0 Å². The first-order chi connectivity index (χ1) is 7.22. The van der Waals surface area contributed by atoms with Crippen LogP contribution in [-0.2, 0) is 9.53 Å². The summed E-state index contributed by atoms with van der Waals surface area (Å²) < 4.78 is 4.90. The van der Waals surface area contributed by atoms with Crippen molar-refractivity contribution in [2.75, 3.05) is 13.7 Å². The summed E-state index contributed by atoms with van der Waals surface area (Å²) in [6.07, 6.45) is 5.48. The second kappa shape index (κ2) is 8.79. The van der Waals surface area contributed by atoms with Gasteiger partial charge in [-0.1, -0.05) is 0 Å². The summed E-state index contributed by atoms with van der Waals surface area (Å²) in [5.74, 6) is 0.146. The second-order valence-corrected chi connectivity index (χ2v) is 4.28. The molecule has 1 amide bonds. The summed E-state index contributed by atoms with van der Waals surface area (Å²) in [5, 5.41) is 3.05. The summed E-state index contributed by atoms with van der Waals surface area (Å²) in [4.78, 5) is 11.5. The van der Waals surface area contributed by atoms with E-state index in [9.17, 15) is 4.79 Å². The van der Waals surface area contributed by atoms with Crippen LogP contribution in [0.4, 0.5) is 0 Å². The molecule has 0 aromatic heterocycles. The Hall–Kier alpha value is -0.320. The van der Waals surface area contributed by atoms with E-state index < -0.39 is 0 Å². The molecule has 0 radical (unpaired) electrons. The number of halogens is 1. The van der Waals surface area contributed by atoms with Crippen molar-refractivity contribution in [3.8, 4) is 0 Å². The minimum atomic E-state index is 0. The van der Waals surface area contributed by atoms with Gasteiger partial charge in [-0.15, -0.1) is 12.4 Å². The van der Waals surface area contributed by atoms with Crippen LogP contribution in [0.25, 0.3) is 0 Å². The van der Waals surface area contributed by atoms with E-state index in [0.29, 0.717) is 25.1 Å². The van der Waals surface area contributed by atoms with Gasteiger partial charge in [-0.3, -0.25) is 4.79 Å². The Labute approximate surface area is 104 Å². The van der Waals surface area contributed by atoms with Gasteiger partial charge in [0, 0.05) is 32.2 Å². The second-order valence-electron chi connectivity index (χ2n) is 4.28. The van der Waals surface area contributed by atoms with Gasteiger partial charge in [-0.2, -0.15) is 0 Å². The van der Waals surface area contributed by atoms with Crippen LogP contribution in [0, 0.1) is 0 Å². The maximum absolute atomic E-state index is 11.5. The number of carbonyl (C=O) groups is 1. The van der Waals surface area contributed by atoms with Crippen LogP contribution in [0.2, 0.25) is 0 Å². The first kappa shape index (κ1) is 15.7. The van der Waals surface area contributed by atoms with E-state index in [1.165, 1.54) is 0 Å². The Morgan fingerprint density at radius 1 is 1.38 bits per heavy atom. The molecule has 0 aromatic carbocycles. The number of hydrogen-bond donors (Lipinski definition) is 2. The summed E-state index contributed by atoms with van der Waals surface area (Å²) in [6.45, 7) is 0.656. The minimum absolute atomic E-state index is 0. The highest BCUT2D eigenvalue weighted by Gasteiger charge is 2.19. The van der Waals surface area contributed by atoms with Crippen LogP contribution >= 0.6 is 12.4 Å². The zero-order valence-electron chi connectivity index (χ0n) is 9.91. The molecule has 1 aliphatic carbocycles. The average Bonchev–Trinajstić information content (AvgIpc) is 2.22. The lowest BCUT2D eigenvalue weighted by Gasteiger charge is -2.26. The number of nitrogens with two attached hydrogens (primary N) is 1. The third kappa shape index (κ3) is 6.30. The highest BCUT2D eigenvalue weighted by atomic mass is 35.5. The smallest absolute Gasteiger partial charge is 0.220 e. The fourth-order valence-electron chi connectivity index (χ4n) is 1.94. The molecule has 5 heteroatoms. The lowest BCUT2D eigenvalue weighted by atomic mass is 9.92. The molecule has 1 saturated carbocycles. The molecule has 1 aliphatic rings. The van der Waals surface area contributed by atoms with Crippen molar-refractivity contribution >= 4 is 18.3 Å². The standard InChI is InChI=1S/C11H22N2O2.ClH/c1-15-8-2-3-11(14)13-10-6-4-9(12)5-7-10;/h9-10H,2-8,12H2,1H3,(H,13,14);1H. The van der Waals surface area contributed by atoms with Crippen molar-refractivity contribution in [1.82, 2.24) is 5.32 Å². The lowest BCUT2D eigenvalue weighted by Crippen LogP contribution is -2.40. The van der Waals surface area contributed by atoms with Crippen molar-refractivity contribution in [1.29, 1.82) is 0 Å². The van der Waals surface area contributed by atoms with Crippen LogP contribution in [0.3, 0.4) is 0 Å². The molecule has 0 aromatic rings. The number of methoxy groups -OCH3 is 1. The molecular formula is C11H23ClN2O2. The third-order valence-corrected chi connectivity index (χ3v) is 2.89. The van der Waals surface area contributed by atoms with E-state index in [0.717, 1.165) is 32.1 Å². The molecule has 96 valence electrons. The van der Waals surface area contributed by atoms with Crippen LogP contribution in [-0.4, -0.2) is 31.7 Å². The van der Waals surface area contributed by atoms with Crippen molar-refractivity contribution < 1.29 is 9.53 Å². The average molecular weight is 251 g/mol. The van der Waals surface area contributed by atoms with Crippen LogP contribution in [0.1, 0.15) is 38.5 Å². The zero-order valence-corrected chi connectivity index (χ0v) is 10.7. The Balaban J connectivity index is 0.00000225. The van der Waals surface area contributed by atoms with E-state index in [1.807, 2.05) is 0 Å². The van der Waals surface area contributed by atoms with Crippen LogP contribution < -0.4 is 11.1 Å². The lowest BCUT2D eigenvalue weighted by molar-refractivity contribution is -0.122. The van der Waals surface area contributed by atoms with E-state index in [-0.39, 0.29) is 18.3 Å². The van der Waals surface area contributed by atoms with Crippen molar-refractivity contribution in [3.63, 3.8) is 0 Å². The molecule has 1 rings (SSSR count). The molecular weight excluding hydrogens is 228 g/mol. The Morgan fingerprint density at radius 3 is 2.56 bits per heavy atom. The van der Waals surface area contributed by atoms with Gasteiger partial charge in [0.2, 0.25) is 5.91 Å². The van der Waals surface area contributed by atoms with Gasteiger partial charge in [0.1, 0.15) is 0 Å². The number of hydrogen-bond acceptors (Lipinski definition) is 3. The van der Waals surface area contributed by atoms with Crippen molar-refractivity contribution in [2.45, 2.75) is 50.6 Å². The van der Waals surface area contributed by atoms with Gasteiger partial charge in [-0.05, 0) is 32.1 Å². The predicted molar refractivity (Wildman–Crippen MR) is 66.7 cm³/mol. The molecule has 0 aliphatic heterocycles. The number of nitrogens with one attached hydrogen (secondary N) is 1. The zero-order chi connectivity index (χ0) is 11.1. The molecule has 0 unspecified atom stereocenters. The van der Waals surface area contributed by atoms with Gasteiger partial charge in [-0.25, -0.2) is 0 Å². The molecule has 0 saturated heterocycles. The van der Waals surface area contributed by atoms with E-state index in [4.69, 9.17) is 10.5 Å². The van der Waals surface area contributed by atoms with E-state index >= 15 is 0 Å². The topological polar surface area (TPSA) is 64.3 Å². The first-order valence-corrected chi connectivity index (χ1v) is 5.76. The molecule has 4 nitrogen and oxygen atoms in total. The first-order valence-electron chi connectivity index (χ1n) is 5.76. The van der Waals surface area contributed by atoms with Gasteiger partial charge in [0.25, 0.3) is 0 Å². The SMILES string of the molecule is COCCCC(=O)NC1CCC(N)CC1.Cl. The Bertz CT molecular complexity index is 194. The number of amides is 1. The van der Waals surface area contributed by atoms with Gasteiger partial charge >= 0.3 is 0 Å². The van der Waals surface area contributed by atoms with Gasteiger partial charge in [0.15, 0.2) is 0 Å². The molecule has 0 heterocycles. The molecule has 0 spiro atoms. The number of carbonyl (C=O) groups excluding carboxylic acids is 1. The summed E-state index contributed by atoms with van der Waals surface area (Å²) in [7, 11) is 1.65. The minimum Gasteiger partial charge on any atom is -0.385 e. The summed E-state index contributed by atoms with van der Waals surface area (Å²) in [6, 6.07) is 0.687. The maximum Gasteiger partial charge on any atom is 0.220 e. The largest absolute Gasteiger partial charge is 0.385 e. The predicted octanol–water partition coefficient (Wildman–Crippen LogP) is 1.22. The fourth-order valence-corrected chi connectivity index (χ4v) is 1.94. The van der Waals surface area contributed by atoms with E-state index in [1.54, 1.807) is 7.11 Å². The van der Waals surface area contributed by atoms with Gasteiger partial charge in [0.05, 0.1) is 0 Å². The van der Waals surface area contributed by atoms with Gasteiger partial charge < -0.3 is 15.8 Å². The number of ether oxygens (including phenoxy) is 1. The highest BCUT2D eigenvalue weighted by molar-refractivity contribution is 5.85. The van der Waals surface area contributed by atoms with Crippen LogP contribution in [0.5, 0.6) is 0 Å². The maximum atomic E-state index is 11.5. The molecule has 0 bridgehead atoms. The fraction of sp³-hybridized carbons (Fsp3) is 0.909. The normalized spacial score (nSPS) is 24.6. The highest BCUT2D eigenvalue weighted by Crippen LogP contribution is 2.16. The number of rotatable bonds is 5. The Morgan fingerprint density at radius 2 is 2.00 bits per heavy atom. The summed E-state index contributed by atoms with van der Waals surface area (Å²) in [5.41, 5.74) is 5.80. The monoisotopic (exact) mass is 250 g/mol. The molecule has 3 N–H and O–H groups in total. The van der Waals surface area contributed by atoms with Crippen LogP contribution in [0.15, 0.2) is 0 Å². The quantitative estimate of drug-likeness (QED) is 0.722.